The van der Waals surface area contributed by atoms with Gasteiger partial charge in [-0.3, -0.25) is 0 Å². The zero-order valence-electron chi connectivity index (χ0n) is 13.9. The minimum atomic E-state index is 0.617. The predicted molar refractivity (Wildman–Crippen MR) is 96.6 cm³/mol. The van der Waals surface area contributed by atoms with Crippen LogP contribution in [0.15, 0.2) is 54.7 Å². The molecule has 1 N–H and O–H groups in total. The fourth-order valence-electron chi connectivity index (χ4n) is 3.71. The van der Waals surface area contributed by atoms with Crippen molar-refractivity contribution in [3.8, 4) is 6.07 Å². The molecule has 1 aliphatic carbocycles. The second-order valence-corrected chi connectivity index (χ2v) is 6.90. The van der Waals surface area contributed by atoms with Gasteiger partial charge in [-0.2, -0.15) is 5.26 Å². The van der Waals surface area contributed by atoms with E-state index in [1.807, 2.05) is 18.2 Å². The van der Waals surface area contributed by atoms with Crippen molar-refractivity contribution < 1.29 is 0 Å². The van der Waals surface area contributed by atoms with Gasteiger partial charge in [-0.15, -0.1) is 0 Å². The Kier molecular flexibility index (Phi) is 3.84. The molecule has 24 heavy (non-hydrogen) atoms. The second kappa shape index (κ2) is 6.14. The van der Waals surface area contributed by atoms with Gasteiger partial charge in [0, 0.05) is 30.2 Å². The van der Waals surface area contributed by atoms with E-state index in [1.54, 1.807) is 0 Å². The lowest BCUT2D eigenvalue weighted by atomic mass is 10.1. The molecule has 0 amide bonds. The molecule has 4 rings (SSSR count). The van der Waals surface area contributed by atoms with Crippen LogP contribution in [0.4, 0.5) is 0 Å². The van der Waals surface area contributed by atoms with Gasteiger partial charge < -0.3 is 9.88 Å². The Morgan fingerprint density at radius 2 is 2.04 bits per heavy atom. The van der Waals surface area contributed by atoms with Gasteiger partial charge in [-0.25, -0.2) is 0 Å². The van der Waals surface area contributed by atoms with Crippen LogP contribution in [-0.2, 0) is 6.54 Å². The quantitative estimate of drug-likeness (QED) is 0.764. The molecule has 2 atom stereocenters. The van der Waals surface area contributed by atoms with Gasteiger partial charge in [0.1, 0.15) is 0 Å². The van der Waals surface area contributed by atoms with Crippen molar-refractivity contribution in [1.29, 1.82) is 5.26 Å². The Morgan fingerprint density at radius 3 is 2.83 bits per heavy atom. The van der Waals surface area contributed by atoms with Gasteiger partial charge in [0.15, 0.2) is 0 Å². The Balaban J connectivity index is 1.44. The highest BCUT2D eigenvalue weighted by atomic mass is 15.1. The Hall–Kier alpha value is -2.57. The van der Waals surface area contributed by atoms with Gasteiger partial charge in [-0.05, 0) is 54.6 Å². The number of fused-ring (bicyclic) bond motifs is 1. The monoisotopic (exact) mass is 315 g/mol. The summed E-state index contributed by atoms with van der Waals surface area (Å²) in [5.41, 5.74) is 4.61. The summed E-state index contributed by atoms with van der Waals surface area (Å²) in [4.78, 5) is 5.76. The number of benzene rings is 2. The first-order chi connectivity index (χ1) is 11.7. The van der Waals surface area contributed by atoms with Crippen LogP contribution in [0.5, 0.6) is 0 Å². The van der Waals surface area contributed by atoms with Crippen molar-refractivity contribution in [2.24, 2.45) is 5.92 Å². The standard InChI is InChI=1S/C21H21N3/c1-24(13-15-5-3-2-4-6-15)14-17-10-18(17)20-12-23-21-8-7-16(11-22)9-19(20)21/h2-9,12,17-18,23H,10,13-14H2,1H3. The molecule has 0 aliphatic heterocycles. The lowest BCUT2D eigenvalue weighted by Gasteiger charge is -2.16. The number of nitriles is 1. The summed E-state index contributed by atoms with van der Waals surface area (Å²) in [5.74, 6) is 1.33. The minimum absolute atomic E-state index is 0.617. The van der Waals surface area contributed by atoms with Crippen molar-refractivity contribution >= 4 is 10.9 Å². The summed E-state index contributed by atoms with van der Waals surface area (Å²) < 4.78 is 0. The highest BCUT2D eigenvalue weighted by Crippen LogP contribution is 2.49. The molecule has 3 heteroatoms. The first-order valence-corrected chi connectivity index (χ1v) is 8.48. The topological polar surface area (TPSA) is 42.8 Å². The maximum Gasteiger partial charge on any atom is 0.0991 e. The van der Waals surface area contributed by atoms with E-state index in [9.17, 15) is 0 Å². The van der Waals surface area contributed by atoms with Crippen LogP contribution >= 0.6 is 0 Å². The third kappa shape index (κ3) is 2.93. The number of hydrogen-bond donors (Lipinski definition) is 1. The first kappa shape index (κ1) is 15.0. The summed E-state index contributed by atoms with van der Waals surface area (Å²) in [6, 6.07) is 18.8. The highest BCUT2D eigenvalue weighted by Gasteiger charge is 2.40. The SMILES string of the molecule is CN(Cc1ccccc1)CC1CC1c1c[nH]c2ccc(C#N)cc12. The van der Waals surface area contributed by atoms with Crippen molar-refractivity contribution in [2.75, 3.05) is 13.6 Å². The molecule has 3 aromatic rings. The zero-order valence-corrected chi connectivity index (χ0v) is 13.9. The molecular formula is C21H21N3. The molecule has 0 bridgehead atoms. The maximum absolute atomic E-state index is 9.12. The van der Waals surface area contributed by atoms with E-state index in [1.165, 1.54) is 22.9 Å². The van der Waals surface area contributed by atoms with Crippen LogP contribution in [-0.4, -0.2) is 23.5 Å². The molecule has 2 unspecified atom stereocenters. The molecule has 1 aliphatic rings. The van der Waals surface area contributed by atoms with Crippen molar-refractivity contribution in [3.63, 3.8) is 0 Å². The van der Waals surface area contributed by atoms with Crippen LogP contribution in [0.25, 0.3) is 10.9 Å². The molecule has 2 aromatic carbocycles. The smallest absolute Gasteiger partial charge is 0.0991 e. The van der Waals surface area contributed by atoms with Crippen LogP contribution in [0.3, 0.4) is 0 Å². The number of nitrogens with zero attached hydrogens (tertiary/aromatic N) is 2. The summed E-state index contributed by atoms with van der Waals surface area (Å²) in [5, 5.41) is 10.3. The molecule has 1 aromatic heterocycles. The molecule has 1 heterocycles. The fourth-order valence-corrected chi connectivity index (χ4v) is 3.71. The second-order valence-electron chi connectivity index (χ2n) is 6.90. The van der Waals surface area contributed by atoms with Gasteiger partial charge in [0.2, 0.25) is 0 Å². The number of rotatable bonds is 5. The Morgan fingerprint density at radius 1 is 1.21 bits per heavy atom. The van der Waals surface area contributed by atoms with Gasteiger partial charge in [0.25, 0.3) is 0 Å². The third-order valence-electron chi connectivity index (χ3n) is 5.01. The molecule has 1 fully saturated rings. The molecule has 0 saturated heterocycles. The van der Waals surface area contributed by atoms with Gasteiger partial charge >= 0.3 is 0 Å². The van der Waals surface area contributed by atoms with Crippen LogP contribution < -0.4 is 0 Å². The lowest BCUT2D eigenvalue weighted by molar-refractivity contribution is 0.311. The first-order valence-electron chi connectivity index (χ1n) is 8.48. The zero-order chi connectivity index (χ0) is 16.5. The highest BCUT2D eigenvalue weighted by molar-refractivity contribution is 5.85. The predicted octanol–water partition coefficient (Wildman–Crippen LogP) is 4.28. The van der Waals surface area contributed by atoms with E-state index in [2.05, 4.69) is 59.5 Å². The minimum Gasteiger partial charge on any atom is -0.361 e. The molecule has 0 radical (unpaired) electrons. The average molecular weight is 315 g/mol. The molecule has 120 valence electrons. The van der Waals surface area contributed by atoms with E-state index in [-0.39, 0.29) is 0 Å². The van der Waals surface area contributed by atoms with E-state index in [0.717, 1.165) is 24.2 Å². The van der Waals surface area contributed by atoms with E-state index >= 15 is 0 Å². The maximum atomic E-state index is 9.12. The lowest BCUT2D eigenvalue weighted by Crippen LogP contribution is -2.20. The molecular weight excluding hydrogens is 294 g/mol. The Labute approximate surface area is 142 Å². The van der Waals surface area contributed by atoms with Crippen molar-refractivity contribution in [2.45, 2.75) is 18.9 Å². The van der Waals surface area contributed by atoms with Crippen LogP contribution in [0, 0.1) is 17.2 Å². The molecule has 1 saturated carbocycles. The van der Waals surface area contributed by atoms with Crippen LogP contribution in [0.2, 0.25) is 0 Å². The van der Waals surface area contributed by atoms with Crippen LogP contribution in [0.1, 0.15) is 29.0 Å². The number of hydrogen-bond acceptors (Lipinski definition) is 2. The van der Waals surface area contributed by atoms with Crippen molar-refractivity contribution in [3.05, 3.63) is 71.4 Å². The van der Waals surface area contributed by atoms with E-state index in [0.29, 0.717) is 11.8 Å². The number of H-pyrrole nitrogens is 1. The van der Waals surface area contributed by atoms with Gasteiger partial charge in [-0.1, -0.05) is 30.3 Å². The van der Waals surface area contributed by atoms with Gasteiger partial charge in [0.05, 0.1) is 11.6 Å². The number of aromatic nitrogens is 1. The number of nitrogens with one attached hydrogen (secondary N) is 1. The fraction of sp³-hybridized carbons (Fsp3) is 0.286. The van der Waals surface area contributed by atoms with Crippen molar-refractivity contribution in [1.82, 2.24) is 9.88 Å². The molecule has 3 nitrogen and oxygen atoms in total. The van der Waals surface area contributed by atoms with E-state index < -0.39 is 0 Å². The largest absolute Gasteiger partial charge is 0.361 e. The summed E-state index contributed by atoms with van der Waals surface area (Å²) >= 11 is 0. The number of aromatic amines is 1. The summed E-state index contributed by atoms with van der Waals surface area (Å²) in [6.45, 7) is 2.11. The average Bonchev–Trinajstić information content (AvgIpc) is 3.22. The molecule has 0 spiro atoms. The third-order valence-corrected chi connectivity index (χ3v) is 5.01. The Bertz CT molecular complexity index is 888. The summed E-state index contributed by atoms with van der Waals surface area (Å²) in [6.07, 6.45) is 3.37. The summed E-state index contributed by atoms with van der Waals surface area (Å²) in [7, 11) is 2.20. The normalized spacial score (nSPS) is 19.5. The van der Waals surface area contributed by atoms with E-state index in [4.69, 9.17) is 5.26 Å².